The number of hydrogen-bond donors (Lipinski definition) is 0. The summed E-state index contributed by atoms with van der Waals surface area (Å²) in [5, 5.41) is 0. The van der Waals surface area contributed by atoms with Crippen LogP contribution in [0.15, 0.2) is 11.1 Å². The molecule has 1 spiro atoms. The molecule has 0 aromatic carbocycles. The summed E-state index contributed by atoms with van der Waals surface area (Å²) >= 11 is 0. The molecule has 5 rings (SSSR count). The molecule has 22 heavy (non-hydrogen) atoms. The minimum Gasteiger partial charge on any atom is -0.370 e. The number of rotatable bonds is 0. The maximum Gasteiger partial charge on any atom is 0.0919 e. The highest BCUT2D eigenvalue weighted by molar-refractivity contribution is 5.33. The van der Waals surface area contributed by atoms with E-state index in [2.05, 4.69) is 20.8 Å². The van der Waals surface area contributed by atoms with Crippen LogP contribution in [0.1, 0.15) is 78.6 Å². The van der Waals surface area contributed by atoms with Gasteiger partial charge in [0, 0.05) is 0 Å². The Kier molecular flexibility index (Phi) is 2.69. The van der Waals surface area contributed by atoms with E-state index in [-0.39, 0.29) is 0 Å². The van der Waals surface area contributed by atoms with Crippen LogP contribution in [-0.2, 0) is 4.74 Å². The lowest BCUT2D eigenvalue weighted by molar-refractivity contribution is -0.0547. The van der Waals surface area contributed by atoms with Gasteiger partial charge in [-0.3, -0.25) is 0 Å². The third-order valence-corrected chi connectivity index (χ3v) is 8.76. The van der Waals surface area contributed by atoms with Gasteiger partial charge in [-0.05, 0) is 86.4 Å². The lowest BCUT2D eigenvalue weighted by atomic mass is 9.48. The van der Waals surface area contributed by atoms with Crippen LogP contribution >= 0.6 is 0 Å². The van der Waals surface area contributed by atoms with Gasteiger partial charge in [-0.15, -0.1) is 0 Å². The predicted octanol–water partition coefficient (Wildman–Crippen LogP) is 5.50. The molecule has 0 amide bonds. The molecule has 1 heteroatoms. The minimum absolute atomic E-state index is 0.353. The van der Waals surface area contributed by atoms with Crippen LogP contribution in [-0.4, -0.2) is 12.2 Å². The quantitative estimate of drug-likeness (QED) is 0.425. The van der Waals surface area contributed by atoms with E-state index in [0.717, 1.165) is 24.4 Å². The van der Waals surface area contributed by atoms with Crippen molar-refractivity contribution >= 4 is 0 Å². The Hall–Kier alpha value is -0.300. The van der Waals surface area contributed by atoms with Crippen molar-refractivity contribution in [2.24, 2.45) is 28.6 Å². The zero-order chi connectivity index (χ0) is 15.2. The fourth-order valence-corrected chi connectivity index (χ4v) is 7.15. The topological polar surface area (TPSA) is 12.5 Å². The second-order valence-corrected chi connectivity index (χ2v) is 10.1. The van der Waals surface area contributed by atoms with E-state index in [9.17, 15) is 0 Å². The first-order valence-corrected chi connectivity index (χ1v) is 9.80. The van der Waals surface area contributed by atoms with Crippen molar-refractivity contribution in [2.75, 3.05) is 6.61 Å². The maximum atomic E-state index is 5.85. The molecule has 5 aliphatic rings. The van der Waals surface area contributed by atoms with E-state index < -0.39 is 0 Å². The molecule has 5 atom stereocenters. The smallest absolute Gasteiger partial charge is 0.0919 e. The van der Waals surface area contributed by atoms with Gasteiger partial charge < -0.3 is 4.74 Å². The van der Waals surface area contributed by atoms with Gasteiger partial charge in [0.2, 0.25) is 0 Å². The summed E-state index contributed by atoms with van der Waals surface area (Å²) in [4.78, 5) is 0. The van der Waals surface area contributed by atoms with E-state index in [0.29, 0.717) is 16.4 Å². The lowest BCUT2D eigenvalue weighted by Gasteiger charge is -2.57. The standard InChI is InChI=1S/C21H32O/c1-19(2)9-8-16-15-5-4-14-12-21(13-22-21)11-10-20(14,3)18(15)7-6-17(16)19/h14-15,18H,4-13H2,1-3H3/t14-,15-,18+,20+,21-/m1/s1. The second-order valence-electron chi connectivity index (χ2n) is 10.1. The highest BCUT2D eigenvalue weighted by Gasteiger charge is 2.59. The van der Waals surface area contributed by atoms with Gasteiger partial charge in [-0.1, -0.05) is 31.9 Å². The van der Waals surface area contributed by atoms with Crippen molar-refractivity contribution in [3.05, 3.63) is 11.1 Å². The molecular weight excluding hydrogens is 268 g/mol. The highest BCUT2D eigenvalue weighted by Crippen LogP contribution is 2.65. The molecule has 1 aliphatic heterocycles. The predicted molar refractivity (Wildman–Crippen MR) is 89.6 cm³/mol. The van der Waals surface area contributed by atoms with Crippen LogP contribution in [0.2, 0.25) is 0 Å². The summed E-state index contributed by atoms with van der Waals surface area (Å²) in [7, 11) is 0. The fourth-order valence-electron chi connectivity index (χ4n) is 7.15. The molecule has 0 aromatic heterocycles. The molecule has 122 valence electrons. The maximum absolute atomic E-state index is 5.85. The molecule has 3 fully saturated rings. The fraction of sp³-hybridized carbons (Fsp3) is 0.905. The zero-order valence-electron chi connectivity index (χ0n) is 14.7. The average Bonchev–Trinajstić information content (AvgIpc) is 3.17. The first kappa shape index (κ1) is 14.1. The largest absolute Gasteiger partial charge is 0.370 e. The molecule has 1 heterocycles. The van der Waals surface area contributed by atoms with Crippen molar-refractivity contribution in [3.8, 4) is 0 Å². The summed E-state index contributed by atoms with van der Waals surface area (Å²) < 4.78 is 5.85. The third kappa shape index (κ3) is 1.75. The molecule has 2 saturated carbocycles. The lowest BCUT2D eigenvalue weighted by Crippen LogP contribution is -2.50. The van der Waals surface area contributed by atoms with Crippen LogP contribution in [0, 0.1) is 28.6 Å². The van der Waals surface area contributed by atoms with E-state index in [1.165, 1.54) is 57.8 Å². The third-order valence-electron chi connectivity index (χ3n) is 8.76. The molecule has 0 N–H and O–H groups in total. The highest BCUT2D eigenvalue weighted by atomic mass is 16.6. The first-order valence-electron chi connectivity index (χ1n) is 9.80. The van der Waals surface area contributed by atoms with Crippen LogP contribution in [0.3, 0.4) is 0 Å². The van der Waals surface area contributed by atoms with Gasteiger partial charge in [0.1, 0.15) is 0 Å². The molecule has 0 radical (unpaired) electrons. The van der Waals surface area contributed by atoms with Gasteiger partial charge in [0.15, 0.2) is 0 Å². The van der Waals surface area contributed by atoms with Gasteiger partial charge in [0.05, 0.1) is 12.2 Å². The molecular formula is C21H32O. The summed E-state index contributed by atoms with van der Waals surface area (Å²) in [6.45, 7) is 8.72. The van der Waals surface area contributed by atoms with Crippen molar-refractivity contribution in [1.82, 2.24) is 0 Å². The van der Waals surface area contributed by atoms with Gasteiger partial charge >= 0.3 is 0 Å². The SMILES string of the molecule is CC1(C)CCC2=C1CC[C@H]1[C@@H]2CC[C@@H]2C[C@]3(CC[C@@]21C)CO3. The van der Waals surface area contributed by atoms with E-state index in [1.807, 2.05) is 11.1 Å². The number of epoxide rings is 1. The van der Waals surface area contributed by atoms with Crippen LogP contribution in [0.5, 0.6) is 0 Å². The van der Waals surface area contributed by atoms with Crippen molar-refractivity contribution in [1.29, 1.82) is 0 Å². The molecule has 4 aliphatic carbocycles. The monoisotopic (exact) mass is 300 g/mol. The molecule has 1 saturated heterocycles. The van der Waals surface area contributed by atoms with Crippen molar-refractivity contribution in [3.63, 3.8) is 0 Å². The van der Waals surface area contributed by atoms with Crippen molar-refractivity contribution in [2.45, 2.75) is 84.2 Å². The number of ether oxygens (including phenoxy) is 1. The van der Waals surface area contributed by atoms with Crippen molar-refractivity contribution < 1.29 is 4.74 Å². The molecule has 1 nitrogen and oxygen atoms in total. The number of allylic oxidation sites excluding steroid dienone is 2. The van der Waals surface area contributed by atoms with Gasteiger partial charge in [-0.25, -0.2) is 0 Å². The summed E-state index contributed by atoms with van der Waals surface area (Å²) in [5.74, 6) is 2.87. The molecule has 0 unspecified atom stereocenters. The Bertz CT molecular complexity index is 538. The Balaban J connectivity index is 1.47. The van der Waals surface area contributed by atoms with Crippen LogP contribution in [0.4, 0.5) is 0 Å². The second kappa shape index (κ2) is 4.21. The average molecular weight is 300 g/mol. The zero-order valence-corrected chi connectivity index (χ0v) is 14.7. The summed E-state index contributed by atoms with van der Waals surface area (Å²) in [5.41, 5.74) is 5.30. The Morgan fingerprint density at radius 1 is 0.955 bits per heavy atom. The van der Waals surface area contributed by atoms with Gasteiger partial charge in [-0.2, -0.15) is 0 Å². The Labute approximate surface area is 135 Å². The van der Waals surface area contributed by atoms with E-state index >= 15 is 0 Å². The van der Waals surface area contributed by atoms with Crippen LogP contribution < -0.4 is 0 Å². The normalized spacial score (nSPS) is 52.2. The first-order chi connectivity index (χ1) is 10.4. The summed E-state index contributed by atoms with van der Waals surface area (Å²) in [6.07, 6.45) is 12.8. The van der Waals surface area contributed by atoms with Gasteiger partial charge in [0.25, 0.3) is 0 Å². The number of hydrogen-bond acceptors (Lipinski definition) is 1. The minimum atomic E-state index is 0.353. The molecule has 0 aromatic rings. The Morgan fingerprint density at radius 3 is 2.55 bits per heavy atom. The van der Waals surface area contributed by atoms with E-state index in [4.69, 9.17) is 4.74 Å². The van der Waals surface area contributed by atoms with E-state index in [1.54, 1.807) is 0 Å². The number of fused-ring (bicyclic) bond motifs is 4. The Morgan fingerprint density at radius 2 is 1.77 bits per heavy atom. The summed E-state index contributed by atoms with van der Waals surface area (Å²) in [6, 6.07) is 0. The van der Waals surface area contributed by atoms with Crippen LogP contribution in [0.25, 0.3) is 0 Å². The molecule has 0 bridgehead atoms.